The van der Waals surface area contributed by atoms with E-state index < -0.39 is 0 Å². The minimum Gasteiger partial charge on any atom is -0.151 e. The first kappa shape index (κ1) is 27.2. The molecule has 0 spiro atoms. The minimum atomic E-state index is 1.28. The molecule has 3 aromatic heterocycles. The van der Waals surface area contributed by atoms with Crippen LogP contribution in [0.4, 0.5) is 0 Å². The molecule has 13 rings (SSSR count). The molecule has 234 valence electrons. The van der Waals surface area contributed by atoms with Crippen LogP contribution in [0.25, 0.3) is 129 Å². The van der Waals surface area contributed by atoms with E-state index in [1.54, 1.807) is 0 Å². The number of rotatable bonds is 0. The quantitative estimate of drug-likeness (QED) is 0.109. The Hall–Kier alpha value is -5.58. The summed E-state index contributed by atoms with van der Waals surface area (Å²) >= 11 is 5.49. The van der Waals surface area contributed by atoms with Crippen LogP contribution < -0.4 is 0 Å². The highest BCUT2D eigenvalue weighted by Gasteiger charge is 2.25. The van der Waals surface area contributed by atoms with Crippen molar-refractivity contribution in [2.24, 2.45) is 0 Å². The molecule has 0 aliphatic heterocycles. The van der Waals surface area contributed by atoms with Gasteiger partial charge in [0, 0.05) is 48.5 Å². The summed E-state index contributed by atoms with van der Waals surface area (Å²) in [6.45, 7) is 0. The van der Waals surface area contributed by atoms with Crippen molar-refractivity contribution in [2.75, 3.05) is 0 Å². The van der Waals surface area contributed by atoms with Gasteiger partial charge in [-0.3, -0.25) is 0 Å². The minimum absolute atomic E-state index is 1.28. The molecular weight excluding hydrogens is 673 g/mol. The molecule has 13 aromatic rings. The Bertz CT molecular complexity index is 3280. The molecule has 3 heteroatoms. The van der Waals surface area contributed by atoms with E-state index in [2.05, 4.69) is 141 Å². The van der Waals surface area contributed by atoms with Gasteiger partial charge in [-0.25, -0.2) is 0 Å². The first-order chi connectivity index (χ1) is 25.3. The molecule has 51 heavy (non-hydrogen) atoms. The molecule has 0 saturated heterocycles. The summed E-state index contributed by atoms with van der Waals surface area (Å²) in [5, 5.41) is 46.6. The molecule has 0 amide bonds. The number of hydrogen-bond acceptors (Lipinski definition) is 3. The fourth-order valence-electron chi connectivity index (χ4n) is 9.47. The van der Waals surface area contributed by atoms with Crippen LogP contribution in [0.15, 0.2) is 141 Å². The first-order valence-electron chi connectivity index (χ1n) is 17.3. The number of thiophene rings is 3. The topological polar surface area (TPSA) is 0 Å². The maximum atomic E-state index is 2.49. The third-order valence-corrected chi connectivity index (χ3v) is 13.9. The van der Waals surface area contributed by atoms with E-state index in [1.165, 1.54) is 129 Å². The second-order valence-electron chi connectivity index (χ2n) is 14.1. The Labute approximate surface area is 303 Å². The summed E-state index contributed by atoms with van der Waals surface area (Å²) in [7, 11) is 0. The molecule has 0 bridgehead atoms. The standard InChI is InChI=1S/C48H24S3/c1-4-10-28-16-34-31(13-25(28)7-1)37-19-49-22-40(37)46-43(34)47-41-23-50-20-38(41)33-15-27-9-3-6-12-30(27)18-36(33)45(47)48-42-24-51-21-39(42)32-14-26-8-2-5-11-29(26)17-35(32)44(46)48/h1-24H. The van der Waals surface area contributed by atoms with Gasteiger partial charge < -0.3 is 0 Å². The van der Waals surface area contributed by atoms with Gasteiger partial charge in [-0.05, 0) is 149 Å². The summed E-state index contributed by atoms with van der Waals surface area (Å²) < 4.78 is 0. The van der Waals surface area contributed by atoms with Crippen molar-refractivity contribution in [2.45, 2.75) is 0 Å². The fraction of sp³-hybridized carbons (Fsp3) is 0. The van der Waals surface area contributed by atoms with Gasteiger partial charge in [0.15, 0.2) is 0 Å². The second kappa shape index (κ2) is 9.60. The van der Waals surface area contributed by atoms with E-state index >= 15 is 0 Å². The van der Waals surface area contributed by atoms with Crippen molar-refractivity contribution in [3.63, 3.8) is 0 Å². The molecule has 0 radical (unpaired) electrons. The summed E-state index contributed by atoms with van der Waals surface area (Å²) in [4.78, 5) is 0. The van der Waals surface area contributed by atoms with Crippen LogP contribution in [-0.4, -0.2) is 0 Å². The molecule has 0 aliphatic rings. The van der Waals surface area contributed by atoms with Crippen molar-refractivity contribution < 1.29 is 0 Å². The molecule has 0 aliphatic carbocycles. The summed E-state index contributed by atoms with van der Waals surface area (Å²) in [6, 6.07) is 41.4. The van der Waals surface area contributed by atoms with Crippen LogP contribution >= 0.6 is 34.0 Å². The predicted octanol–water partition coefficient (Wildman–Crippen LogP) is 15.7. The lowest BCUT2D eigenvalue weighted by Gasteiger charge is -2.21. The molecule has 0 unspecified atom stereocenters. The van der Waals surface area contributed by atoms with Crippen LogP contribution in [0.1, 0.15) is 0 Å². The summed E-state index contributed by atoms with van der Waals surface area (Å²) in [5.41, 5.74) is 0. The normalized spacial score (nSPS) is 12.7. The molecule has 3 heterocycles. The van der Waals surface area contributed by atoms with Crippen molar-refractivity contribution >= 4 is 163 Å². The Balaban J connectivity index is 1.48. The van der Waals surface area contributed by atoms with Crippen LogP contribution in [0.3, 0.4) is 0 Å². The predicted molar refractivity (Wildman–Crippen MR) is 230 cm³/mol. The number of benzene rings is 10. The summed E-state index contributed by atoms with van der Waals surface area (Å²) in [5.74, 6) is 0. The molecule has 0 atom stereocenters. The smallest absolute Gasteiger partial charge is 0.00150 e. The zero-order valence-corrected chi connectivity index (χ0v) is 29.5. The Kier molecular flexibility index (Phi) is 5.11. The van der Waals surface area contributed by atoms with Crippen molar-refractivity contribution in [1.82, 2.24) is 0 Å². The highest BCUT2D eigenvalue weighted by Crippen LogP contribution is 2.54. The van der Waals surface area contributed by atoms with E-state index in [1.807, 2.05) is 34.0 Å². The Morgan fingerprint density at radius 1 is 0.216 bits per heavy atom. The van der Waals surface area contributed by atoms with Crippen LogP contribution in [0.5, 0.6) is 0 Å². The van der Waals surface area contributed by atoms with E-state index in [-0.39, 0.29) is 0 Å². The van der Waals surface area contributed by atoms with Gasteiger partial charge in [-0.15, -0.1) is 0 Å². The lowest BCUT2D eigenvalue weighted by atomic mass is 9.81. The van der Waals surface area contributed by atoms with E-state index in [0.29, 0.717) is 0 Å². The summed E-state index contributed by atoms with van der Waals surface area (Å²) in [6.07, 6.45) is 0. The SMILES string of the molecule is c1ccc2cc3c(cc2c1)c1cscc1c1c3c2c3cscc3c3cc4ccccc4cc3c2c2c3cscc3c3cc4ccccc4cc3c12. The zero-order valence-electron chi connectivity index (χ0n) is 27.1. The van der Waals surface area contributed by atoms with E-state index in [9.17, 15) is 0 Å². The first-order valence-corrected chi connectivity index (χ1v) is 20.2. The van der Waals surface area contributed by atoms with Crippen LogP contribution in [0.2, 0.25) is 0 Å². The van der Waals surface area contributed by atoms with Crippen LogP contribution in [-0.2, 0) is 0 Å². The van der Waals surface area contributed by atoms with Gasteiger partial charge in [-0.2, -0.15) is 34.0 Å². The lowest BCUT2D eigenvalue weighted by molar-refractivity contribution is 1.81. The average molecular weight is 697 g/mol. The van der Waals surface area contributed by atoms with Crippen LogP contribution in [0, 0.1) is 0 Å². The van der Waals surface area contributed by atoms with Gasteiger partial charge in [0.1, 0.15) is 0 Å². The van der Waals surface area contributed by atoms with Crippen molar-refractivity contribution in [3.05, 3.63) is 141 Å². The molecule has 10 aromatic carbocycles. The van der Waals surface area contributed by atoms with Gasteiger partial charge in [0.05, 0.1) is 0 Å². The monoisotopic (exact) mass is 696 g/mol. The van der Waals surface area contributed by atoms with Crippen molar-refractivity contribution in [3.8, 4) is 0 Å². The Morgan fingerprint density at radius 2 is 0.431 bits per heavy atom. The highest BCUT2D eigenvalue weighted by molar-refractivity contribution is 7.10. The third-order valence-electron chi connectivity index (χ3n) is 11.6. The highest BCUT2D eigenvalue weighted by atomic mass is 32.1. The second-order valence-corrected chi connectivity index (χ2v) is 16.3. The zero-order chi connectivity index (χ0) is 32.9. The third kappa shape index (κ3) is 3.40. The molecular formula is C48H24S3. The molecule has 0 saturated carbocycles. The number of hydrogen-bond donors (Lipinski definition) is 0. The van der Waals surface area contributed by atoms with Gasteiger partial charge in [0.25, 0.3) is 0 Å². The maximum Gasteiger partial charge on any atom is 0.00150 e. The Morgan fingerprint density at radius 3 is 0.706 bits per heavy atom. The van der Waals surface area contributed by atoms with Crippen molar-refractivity contribution in [1.29, 1.82) is 0 Å². The average Bonchev–Trinajstić information content (AvgIpc) is 3.97. The molecule has 0 N–H and O–H groups in total. The van der Waals surface area contributed by atoms with Gasteiger partial charge >= 0.3 is 0 Å². The van der Waals surface area contributed by atoms with Gasteiger partial charge in [-0.1, -0.05) is 72.8 Å². The molecule has 0 nitrogen and oxygen atoms in total. The maximum absolute atomic E-state index is 2.49. The lowest BCUT2D eigenvalue weighted by Crippen LogP contribution is -1.92. The molecule has 0 fully saturated rings. The number of fused-ring (bicyclic) bond motifs is 24. The van der Waals surface area contributed by atoms with E-state index in [0.717, 1.165) is 0 Å². The largest absolute Gasteiger partial charge is 0.151 e. The van der Waals surface area contributed by atoms with E-state index in [4.69, 9.17) is 0 Å². The fourth-order valence-corrected chi connectivity index (χ4v) is 12.0. The van der Waals surface area contributed by atoms with Gasteiger partial charge in [0.2, 0.25) is 0 Å².